The number of allylic oxidation sites excluding steroid dienone is 2. The van der Waals surface area contributed by atoms with E-state index in [1.807, 2.05) is 51.0 Å². The molecule has 0 radical (unpaired) electrons. The molecule has 0 amide bonds. The van der Waals surface area contributed by atoms with Gasteiger partial charge in [-0.05, 0) is 32.1 Å². The molecule has 4 rings (SSSR count). The number of aromatic nitrogens is 2. The van der Waals surface area contributed by atoms with Gasteiger partial charge in [0.2, 0.25) is 0 Å². The van der Waals surface area contributed by atoms with Gasteiger partial charge < -0.3 is 30.2 Å². The zero-order chi connectivity index (χ0) is 28.4. The van der Waals surface area contributed by atoms with Gasteiger partial charge in [0.1, 0.15) is 18.5 Å². The molecule has 12 heteroatoms. The summed E-state index contributed by atoms with van der Waals surface area (Å²) in [5.74, 6) is 1.53. The van der Waals surface area contributed by atoms with E-state index in [0.29, 0.717) is 33.2 Å². The molecule has 2 atom stereocenters. The third kappa shape index (κ3) is 5.89. The number of aryl methyl sites for hydroxylation is 1. The average molecular weight is 617 g/mol. The molecule has 1 aromatic heterocycles. The van der Waals surface area contributed by atoms with Crippen molar-refractivity contribution in [3.63, 3.8) is 0 Å². The number of halogens is 4. The molecule has 1 aliphatic heterocycles. The number of fused-ring (bicyclic) bond motifs is 2. The summed E-state index contributed by atoms with van der Waals surface area (Å²) in [7, 11) is 0. The normalized spacial score (nSPS) is 16.2. The Morgan fingerprint density at radius 2 is 1.41 bits per heavy atom. The Morgan fingerprint density at radius 3 is 2.00 bits per heavy atom. The van der Waals surface area contributed by atoms with Crippen LogP contribution in [0, 0.1) is 0 Å². The van der Waals surface area contributed by atoms with Crippen LogP contribution in [0.5, 0.6) is 0 Å². The maximum Gasteiger partial charge on any atom is 0.282 e. The van der Waals surface area contributed by atoms with E-state index in [1.165, 1.54) is 0 Å². The summed E-state index contributed by atoms with van der Waals surface area (Å²) in [5.41, 5.74) is 3.22. The van der Waals surface area contributed by atoms with Crippen molar-refractivity contribution < 1.29 is 25.0 Å². The highest BCUT2D eigenvalue weighted by Crippen LogP contribution is 2.45. The van der Waals surface area contributed by atoms with Crippen LogP contribution in [0.1, 0.15) is 19.7 Å². The van der Waals surface area contributed by atoms with Crippen molar-refractivity contribution in [2.24, 2.45) is 0 Å². The predicted octanol–water partition coefficient (Wildman–Crippen LogP) is 4.47. The van der Waals surface area contributed by atoms with Crippen molar-refractivity contribution in [1.29, 1.82) is 0 Å². The van der Waals surface area contributed by atoms with Crippen LogP contribution in [0.25, 0.3) is 17.1 Å². The Hall–Kier alpha value is -2.01. The molecule has 0 saturated carbocycles. The Labute approximate surface area is 247 Å². The summed E-state index contributed by atoms with van der Waals surface area (Å²) in [4.78, 5) is 3.94. The third-order valence-electron chi connectivity index (χ3n) is 6.64. The SMILES string of the molecule is CCN1C(=CC=Cc2n(CC)c3cc(Cl)c(Cl)cc3[n+]2CC(O)CO)N(CC(O)CO)c2cc(Cl)c(Cl)cc21. The van der Waals surface area contributed by atoms with Crippen LogP contribution in [-0.2, 0) is 13.1 Å². The summed E-state index contributed by atoms with van der Waals surface area (Å²) in [6.45, 7) is 4.75. The standard InChI is InChI=1S/C27H31Cl4N4O4/c1-3-32-22-8-18(28)20(30)10-24(22)34(12-16(38)14-36)26(32)6-5-7-27-33(4-2)23-9-19(29)21(31)11-25(23)35(27)13-17(39)15-37/h5-11,16-17,36-39H,3-4,12-15H2,1-2H3/q+1. The Kier molecular flexibility index (Phi) is 9.73. The minimum atomic E-state index is -0.976. The summed E-state index contributed by atoms with van der Waals surface area (Å²) in [6, 6.07) is 7.09. The lowest BCUT2D eigenvalue weighted by atomic mass is 10.2. The summed E-state index contributed by atoms with van der Waals surface area (Å²) in [5, 5.41) is 41.3. The fourth-order valence-corrected chi connectivity index (χ4v) is 5.50. The maximum absolute atomic E-state index is 10.3. The molecule has 4 N–H and O–H groups in total. The number of β-amino-alcohol motifs (C(OH)–C–C–N with tert-alkyl or cyclic N) is 1. The molecule has 210 valence electrons. The maximum atomic E-state index is 10.3. The minimum Gasteiger partial charge on any atom is -0.394 e. The molecule has 0 fully saturated rings. The van der Waals surface area contributed by atoms with Crippen molar-refractivity contribution in [2.75, 3.05) is 36.1 Å². The highest BCUT2D eigenvalue weighted by atomic mass is 35.5. The molecule has 2 aromatic carbocycles. The lowest BCUT2D eigenvalue weighted by Crippen LogP contribution is -2.43. The van der Waals surface area contributed by atoms with Crippen LogP contribution in [-0.4, -0.2) is 63.5 Å². The number of nitrogens with zero attached hydrogens (tertiary/aromatic N) is 4. The summed E-state index contributed by atoms with van der Waals surface area (Å²) in [6.07, 6.45) is 3.72. The first-order chi connectivity index (χ1) is 18.6. The van der Waals surface area contributed by atoms with Crippen molar-refractivity contribution >= 4 is 74.9 Å². The van der Waals surface area contributed by atoms with Crippen molar-refractivity contribution in [3.8, 4) is 0 Å². The highest BCUT2D eigenvalue weighted by molar-refractivity contribution is 6.43. The quantitative estimate of drug-likeness (QED) is 0.251. The van der Waals surface area contributed by atoms with Gasteiger partial charge in [-0.15, -0.1) is 0 Å². The summed E-state index contributed by atoms with van der Waals surface area (Å²) >= 11 is 25.3. The lowest BCUT2D eigenvalue weighted by molar-refractivity contribution is -0.681. The second-order valence-corrected chi connectivity index (χ2v) is 10.8. The number of rotatable bonds is 10. The number of aliphatic hydroxyl groups is 4. The molecule has 0 aliphatic carbocycles. The van der Waals surface area contributed by atoms with Gasteiger partial charge >= 0.3 is 0 Å². The second-order valence-electron chi connectivity index (χ2n) is 9.13. The first kappa shape index (κ1) is 30.0. The van der Waals surface area contributed by atoms with Crippen molar-refractivity contribution in [1.82, 2.24) is 4.57 Å². The number of hydrogen-bond acceptors (Lipinski definition) is 6. The Morgan fingerprint density at radius 1 is 0.821 bits per heavy atom. The molecule has 1 aliphatic rings. The van der Waals surface area contributed by atoms with Crippen LogP contribution in [0.3, 0.4) is 0 Å². The minimum absolute atomic E-state index is 0.145. The molecule has 8 nitrogen and oxygen atoms in total. The molecule has 39 heavy (non-hydrogen) atoms. The van der Waals surface area contributed by atoms with Gasteiger partial charge in [-0.1, -0.05) is 52.5 Å². The van der Waals surface area contributed by atoms with Gasteiger partial charge in [0.15, 0.2) is 11.0 Å². The van der Waals surface area contributed by atoms with E-state index in [4.69, 9.17) is 46.4 Å². The van der Waals surface area contributed by atoms with Crippen molar-refractivity contribution in [3.05, 3.63) is 68.2 Å². The molecular formula is C27H31Cl4N4O4+. The van der Waals surface area contributed by atoms with Gasteiger partial charge in [0.05, 0.1) is 63.9 Å². The number of hydrogen-bond donors (Lipinski definition) is 4. The van der Waals surface area contributed by atoms with Gasteiger partial charge in [-0.2, -0.15) is 0 Å². The van der Waals surface area contributed by atoms with E-state index < -0.39 is 25.4 Å². The number of anilines is 2. The first-order valence-electron chi connectivity index (χ1n) is 12.6. The number of aliphatic hydroxyl groups excluding tert-OH is 4. The average Bonchev–Trinajstić information content (AvgIpc) is 3.34. The summed E-state index contributed by atoms with van der Waals surface area (Å²) < 4.78 is 3.94. The van der Waals surface area contributed by atoms with E-state index in [1.54, 1.807) is 24.3 Å². The Balaban J connectivity index is 1.84. The smallest absolute Gasteiger partial charge is 0.282 e. The van der Waals surface area contributed by atoms with E-state index in [0.717, 1.165) is 34.1 Å². The largest absolute Gasteiger partial charge is 0.394 e. The highest BCUT2D eigenvalue weighted by Gasteiger charge is 2.32. The fourth-order valence-electron chi connectivity index (χ4n) is 4.87. The number of benzene rings is 2. The van der Waals surface area contributed by atoms with E-state index in [2.05, 4.69) is 0 Å². The van der Waals surface area contributed by atoms with Gasteiger partial charge in [0.25, 0.3) is 5.82 Å². The number of imidazole rings is 1. The zero-order valence-corrected chi connectivity index (χ0v) is 24.6. The van der Waals surface area contributed by atoms with Crippen LogP contribution < -0.4 is 14.4 Å². The van der Waals surface area contributed by atoms with E-state index in [-0.39, 0.29) is 13.1 Å². The van der Waals surface area contributed by atoms with Crippen LogP contribution in [0.4, 0.5) is 11.4 Å². The Bertz CT molecular complexity index is 1430. The topological polar surface area (TPSA) is 96.2 Å². The molecule has 0 saturated heterocycles. The molecule has 3 aromatic rings. The van der Waals surface area contributed by atoms with E-state index >= 15 is 0 Å². The lowest BCUT2D eigenvalue weighted by Gasteiger charge is -2.25. The monoisotopic (exact) mass is 615 g/mol. The van der Waals surface area contributed by atoms with Gasteiger partial charge in [0, 0.05) is 24.8 Å². The predicted molar refractivity (Wildman–Crippen MR) is 158 cm³/mol. The molecule has 2 heterocycles. The molecule has 2 unspecified atom stereocenters. The third-order valence-corrected chi connectivity index (χ3v) is 8.08. The molecule has 0 spiro atoms. The van der Waals surface area contributed by atoms with Gasteiger partial charge in [-0.3, -0.25) is 0 Å². The van der Waals surface area contributed by atoms with Gasteiger partial charge in [-0.25, -0.2) is 9.13 Å². The van der Waals surface area contributed by atoms with Crippen LogP contribution in [0.2, 0.25) is 20.1 Å². The van der Waals surface area contributed by atoms with E-state index in [9.17, 15) is 20.4 Å². The van der Waals surface area contributed by atoms with Crippen LogP contribution in [0.15, 0.2) is 42.2 Å². The van der Waals surface area contributed by atoms with Crippen molar-refractivity contribution in [2.45, 2.75) is 39.1 Å². The van der Waals surface area contributed by atoms with Crippen LogP contribution >= 0.6 is 46.4 Å². The fraction of sp³-hybridized carbons (Fsp3) is 0.370. The molecular weight excluding hydrogens is 586 g/mol. The molecule has 0 bridgehead atoms. The zero-order valence-electron chi connectivity index (χ0n) is 21.5. The second kappa shape index (κ2) is 12.7. The first-order valence-corrected chi connectivity index (χ1v) is 14.1.